The van der Waals surface area contributed by atoms with Crippen LogP contribution < -0.4 is 4.74 Å². The molecule has 0 spiro atoms. The second-order valence-electron chi connectivity index (χ2n) is 4.43. The highest BCUT2D eigenvalue weighted by molar-refractivity contribution is 5.72. The lowest BCUT2D eigenvalue weighted by Crippen LogP contribution is -2.27. The minimum atomic E-state index is -0.948. The third-order valence-electron chi connectivity index (χ3n) is 2.78. The number of aliphatic carboxylic acids is 1. The second kappa shape index (κ2) is 6.40. The molecule has 0 saturated carbocycles. The molecule has 1 aromatic rings. The van der Waals surface area contributed by atoms with E-state index in [1.807, 2.05) is 19.9 Å². The van der Waals surface area contributed by atoms with Crippen LogP contribution in [0, 0.1) is 6.92 Å². The highest BCUT2D eigenvalue weighted by atomic mass is 16.5. The largest absolute Gasteiger partial charge is 0.479 e. The Morgan fingerprint density at radius 3 is 2.56 bits per heavy atom. The van der Waals surface area contributed by atoms with Crippen LogP contribution in [-0.4, -0.2) is 22.3 Å². The number of aryl methyl sites for hydroxylation is 1. The minimum Gasteiger partial charge on any atom is -0.479 e. The normalized spacial score (nSPS) is 14.0. The number of hydrogen-bond acceptors (Lipinski definition) is 3. The van der Waals surface area contributed by atoms with Crippen LogP contribution in [0.3, 0.4) is 0 Å². The number of hydrogen-bond donors (Lipinski definition) is 2. The van der Waals surface area contributed by atoms with Gasteiger partial charge in [0.05, 0.1) is 6.10 Å². The first-order chi connectivity index (χ1) is 8.45. The Kier molecular flexibility index (Phi) is 5.16. The summed E-state index contributed by atoms with van der Waals surface area (Å²) in [4.78, 5) is 11.0. The lowest BCUT2D eigenvalue weighted by molar-refractivity contribution is -0.145. The van der Waals surface area contributed by atoms with Gasteiger partial charge in [0.15, 0.2) is 6.10 Å². The van der Waals surface area contributed by atoms with Crippen LogP contribution in [0.25, 0.3) is 0 Å². The monoisotopic (exact) mass is 252 g/mol. The first-order valence-corrected chi connectivity index (χ1v) is 6.13. The summed E-state index contributed by atoms with van der Waals surface area (Å²) in [5, 5.41) is 18.5. The number of benzene rings is 1. The average molecular weight is 252 g/mol. The fourth-order valence-electron chi connectivity index (χ4n) is 1.71. The van der Waals surface area contributed by atoms with Gasteiger partial charge in [-0.3, -0.25) is 0 Å². The summed E-state index contributed by atoms with van der Waals surface area (Å²) in [5.41, 5.74) is 1.62. The van der Waals surface area contributed by atoms with Crippen LogP contribution in [-0.2, 0) is 4.79 Å². The summed E-state index contributed by atoms with van der Waals surface area (Å²) < 4.78 is 5.50. The molecule has 1 rings (SSSR count). The Balaban J connectivity index is 2.86. The fourth-order valence-corrected chi connectivity index (χ4v) is 1.71. The van der Waals surface area contributed by atoms with Gasteiger partial charge < -0.3 is 14.9 Å². The molecule has 0 aromatic heterocycles. The zero-order valence-electron chi connectivity index (χ0n) is 11.0. The van der Waals surface area contributed by atoms with Gasteiger partial charge in [-0.25, -0.2) is 4.79 Å². The van der Waals surface area contributed by atoms with E-state index < -0.39 is 18.2 Å². The maximum atomic E-state index is 11.0. The molecule has 0 aliphatic heterocycles. The highest BCUT2D eigenvalue weighted by Gasteiger charge is 2.19. The molecule has 0 fully saturated rings. The van der Waals surface area contributed by atoms with Crippen molar-refractivity contribution in [3.8, 4) is 5.75 Å². The van der Waals surface area contributed by atoms with Crippen molar-refractivity contribution in [1.29, 1.82) is 0 Å². The van der Waals surface area contributed by atoms with Crippen molar-refractivity contribution in [1.82, 2.24) is 0 Å². The van der Waals surface area contributed by atoms with Gasteiger partial charge in [-0.1, -0.05) is 19.4 Å². The first-order valence-electron chi connectivity index (χ1n) is 6.13. The molecule has 2 unspecified atom stereocenters. The Hall–Kier alpha value is -1.55. The van der Waals surface area contributed by atoms with Crippen molar-refractivity contribution in [3.05, 3.63) is 29.3 Å². The summed E-state index contributed by atoms with van der Waals surface area (Å²) in [7, 11) is 0. The molecule has 0 aliphatic carbocycles. The molecule has 0 heterocycles. The fraction of sp³-hybridized carbons (Fsp3) is 0.500. The van der Waals surface area contributed by atoms with Crippen molar-refractivity contribution in [2.75, 3.05) is 0 Å². The van der Waals surface area contributed by atoms with E-state index in [2.05, 4.69) is 0 Å². The van der Waals surface area contributed by atoms with Gasteiger partial charge in [-0.05, 0) is 43.5 Å². The van der Waals surface area contributed by atoms with Crippen LogP contribution in [0.5, 0.6) is 5.75 Å². The lowest BCUT2D eigenvalue weighted by Gasteiger charge is -2.17. The van der Waals surface area contributed by atoms with Gasteiger partial charge in [0.1, 0.15) is 5.75 Å². The van der Waals surface area contributed by atoms with Crippen LogP contribution in [0.15, 0.2) is 18.2 Å². The summed E-state index contributed by atoms with van der Waals surface area (Å²) >= 11 is 0. The van der Waals surface area contributed by atoms with Gasteiger partial charge >= 0.3 is 5.97 Å². The van der Waals surface area contributed by atoms with E-state index in [4.69, 9.17) is 9.84 Å². The molecule has 0 saturated heterocycles. The molecule has 0 bridgehead atoms. The molecule has 0 radical (unpaired) electrons. The van der Waals surface area contributed by atoms with E-state index in [9.17, 15) is 9.90 Å². The summed E-state index contributed by atoms with van der Waals surface area (Å²) in [5.74, 6) is -0.392. The van der Waals surface area contributed by atoms with Gasteiger partial charge in [0.2, 0.25) is 0 Å². The third kappa shape index (κ3) is 3.74. The molecule has 18 heavy (non-hydrogen) atoms. The van der Waals surface area contributed by atoms with Crippen molar-refractivity contribution >= 4 is 5.97 Å². The van der Waals surface area contributed by atoms with Crippen molar-refractivity contribution in [2.24, 2.45) is 0 Å². The van der Waals surface area contributed by atoms with Crippen molar-refractivity contribution in [2.45, 2.75) is 45.8 Å². The second-order valence-corrected chi connectivity index (χ2v) is 4.43. The van der Waals surface area contributed by atoms with Gasteiger partial charge in [0, 0.05) is 0 Å². The molecule has 1 aromatic carbocycles. The summed E-state index contributed by atoms with van der Waals surface area (Å²) in [6.07, 6.45) is -0.121. The smallest absolute Gasteiger partial charge is 0.344 e. The topological polar surface area (TPSA) is 66.8 Å². The van der Waals surface area contributed by atoms with E-state index >= 15 is 0 Å². The first kappa shape index (κ1) is 14.5. The molecule has 4 heteroatoms. The Morgan fingerprint density at radius 1 is 1.44 bits per heavy atom. The van der Waals surface area contributed by atoms with E-state index in [1.54, 1.807) is 19.1 Å². The predicted octanol–water partition coefficient (Wildman–Crippen LogP) is 2.68. The third-order valence-corrected chi connectivity index (χ3v) is 2.78. The van der Waals surface area contributed by atoms with Crippen molar-refractivity contribution in [3.63, 3.8) is 0 Å². The SMILES string of the molecule is CCCC(Oc1ccc(C(C)O)cc1C)C(=O)O. The molecule has 0 aliphatic rings. The van der Waals surface area contributed by atoms with E-state index in [1.165, 1.54) is 0 Å². The molecular weight excluding hydrogens is 232 g/mol. The number of aliphatic hydroxyl groups is 1. The van der Waals surface area contributed by atoms with Gasteiger partial charge in [-0.2, -0.15) is 0 Å². The maximum Gasteiger partial charge on any atom is 0.344 e. The van der Waals surface area contributed by atoms with Gasteiger partial charge in [0.25, 0.3) is 0 Å². The van der Waals surface area contributed by atoms with E-state index in [-0.39, 0.29) is 0 Å². The molecular formula is C14H20O4. The maximum absolute atomic E-state index is 11.0. The van der Waals surface area contributed by atoms with Crippen molar-refractivity contribution < 1.29 is 19.7 Å². The lowest BCUT2D eigenvalue weighted by atomic mass is 10.1. The summed E-state index contributed by atoms with van der Waals surface area (Å²) in [6.45, 7) is 5.45. The Labute approximate surface area is 107 Å². The predicted molar refractivity (Wildman–Crippen MR) is 68.8 cm³/mol. The van der Waals surface area contributed by atoms with Crippen LogP contribution in [0.4, 0.5) is 0 Å². The van der Waals surface area contributed by atoms with Crippen LogP contribution in [0.1, 0.15) is 43.9 Å². The number of rotatable bonds is 6. The van der Waals surface area contributed by atoms with Crippen LogP contribution in [0.2, 0.25) is 0 Å². The minimum absolute atomic E-state index is 0.479. The van der Waals surface area contributed by atoms with E-state index in [0.717, 1.165) is 17.5 Å². The molecule has 2 atom stereocenters. The molecule has 100 valence electrons. The number of carbonyl (C=O) groups is 1. The van der Waals surface area contributed by atoms with E-state index in [0.29, 0.717) is 12.2 Å². The number of carboxylic acid groups (broad SMARTS) is 1. The highest BCUT2D eigenvalue weighted by Crippen LogP contribution is 2.24. The number of aliphatic hydroxyl groups excluding tert-OH is 1. The quantitative estimate of drug-likeness (QED) is 0.816. The van der Waals surface area contributed by atoms with Gasteiger partial charge in [-0.15, -0.1) is 0 Å². The zero-order valence-corrected chi connectivity index (χ0v) is 11.0. The Morgan fingerprint density at radius 2 is 2.11 bits per heavy atom. The summed E-state index contributed by atoms with van der Waals surface area (Å²) in [6, 6.07) is 5.27. The van der Waals surface area contributed by atoms with Crippen LogP contribution >= 0.6 is 0 Å². The average Bonchev–Trinajstić information content (AvgIpc) is 2.30. The molecule has 4 nitrogen and oxygen atoms in total. The zero-order chi connectivity index (χ0) is 13.7. The number of carboxylic acids is 1. The molecule has 2 N–H and O–H groups in total. The number of ether oxygens (including phenoxy) is 1. The standard InChI is InChI=1S/C14H20O4/c1-4-5-13(14(16)17)18-12-7-6-11(10(3)15)8-9(12)2/h6-8,10,13,15H,4-5H2,1-3H3,(H,16,17). The Bertz CT molecular complexity index is 412. The molecule has 0 amide bonds.